The summed E-state index contributed by atoms with van der Waals surface area (Å²) in [6, 6.07) is 9.35. The average molecular weight is 299 g/mol. The van der Waals surface area contributed by atoms with E-state index in [9.17, 15) is 9.18 Å². The number of esters is 1. The fraction of sp³-hybridized carbons (Fsp3) is 0.250. The molecule has 0 atom stereocenters. The van der Waals surface area contributed by atoms with Crippen molar-refractivity contribution < 1.29 is 13.9 Å². The largest absolute Gasteiger partial charge is 0.406 e. The molecule has 0 unspecified atom stereocenters. The smallest absolute Gasteiger partial charge is 0.317 e. The highest BCUT2D eigenvalue weighted by molar-refractivity contribution is 5.74. The lowest BCUT2D eigenvalue weighted by Crippen LogP contribution is -2.13. The van der Waals surface area contributed by atoms with Crippen LogP contribution in [-0.4, -0.2) is 16.2 Å². The molecule has 0 fully saturated rings. The second-order valence-corrected chi connectivity index (χ2v) is 5.03. The van der Waals surface area contributed by atoms with Gasteiger partial charge in [0, 0.05) is 6.07 Å². The lowest BCUT2D eigenvalue weighted by Gasteiger charge is -2.08. The Balaban J connectivity index is 2.04. The number of carbonyl (C=O) groups is 1. The summed E-state index contributed by atoms with van der Waals surface area (Å²) in [5, 5.41) is 15.7. The van der Waals surface area contributed by atoms with Gasteiger partial charge in [-0.25, -0.2) is 4.39 Å². The Kier molecular flexibility index (Phi) is 4.79. The van der Waals surface area contributed by atoms with Gasteiger partial charge in [0.1, 0.15) is 11.9 Å². The lowest BCUT2D eigenvalue weighted by molar-refractivity contribution is -0.134. The van der Waals surface area contributed by atoms with E-state index in [-0.39, 0.29) is 29.5 Å². The molecule has 2 aromatic rings. The average Bonchev–Trinajstić information content (AvgIpc) is 2.50. The highest BCUT2D eigenvalue weighted by atomic mass is 19.1. The van der Waals surface area contributed by atoms with Crippen LogP contribution in [0.15, 0.2) is 30.3 Å². The van der Waals surface area contributed by atoms with Crippen molar-refractivity contribution in [2.75, 3.05) is 0 Å². The first-order valence-electron chi connectivity index (χ1n) is 6.72. The molecule has 0 aliphatic carbocycles. The van der Waals surface area contributed by atoms with E-state index in [2.05, 4.69) is 10.2 Å². The SMILES string of the molecule is CC(C)c1ccc(CC(=O)Oc2ccc(C#N)nn2)c(F)c1. The lowest BCUT2D eigenvalue weighted by atomic mass is 10.0. The molecule has 0 N–H and O–H groups in total. The van der Waals surface area contributed by atoms with Gasteiger partial charge in [0.15, 0.2) is 5.69 Å². The van der Waals surface area contributed by atoms with Crippen LogP contribution in [-0.2, 0) is 11.2 Å². The quantitative estimate of drug-likeness (QED) is 0.811. The number of rotatable bonds is 4. The number of carbonyl (C=O) groups excluding carboxylic acids is 1. The molecule has 1 aromatic carbocycles. The van der Waals surface area contributed by atoms with Crippen LogP contribution in [0.1, 0.15) is 36.6 Å². The fourth-order valence-corrected chi connectivity index (χ4v) is 1.81. The van der Waals surface area contributed by atoms with E-state index in [0.717, 1.165) is 5.56 Å². The van der Waals surface area contributed by atoms with Gasteiger partial charge >= 0.3 is 5.97 Å². The van der Waals surface area contributed by atoms with Gasteiger partial charge in [-0.3, -0.25) is 4.79 Å². The summed E-state index contributed by atoms with van der Waals surface area (Å²) in [6.07, 6.45) is -0.202. The molecule has 6 heteroatoms. The van der Waals surface area contributed by atoms with Crippen molar-refractivity contribution in [2.45, 2.75) is 26.2 Å². The summed E-state index contributed by atoms with van der Waals surface area (Å²) in [7, 11) is 0. The Morgan fingerprint density at radius 1 is 1.32 bits per heavy atom. The maximum absolute atomic E-state index is 13.9. The molecular formula is C16H14FN3O2. The van der Waals surface area contributed by atoms with E-state index in [1.807, 2.05) is 13.8 Å². The third kappa shape index (κ3) is 3.85. The first-order chi connectivity index (χ1) is 10.5. The number of halogens is 1. The van der Waals surface area contributed by atoms with Crippen molar-refractivity contribution in [2.24, 2.45) is 0 Å². The summed E-state index contributed by atoms with van der Waals surface area (Å²) in [5.74, 6) is -0.892. The van der Waals surface area contributed by atoms with Gasteiger partial charge in [0.05, 0.1) is 6.42 Å². The molecule has 0 saturated carbocycles. The predicted molar refractivity (Wildman–Crippen MR) is 76.6 cm³/mol. The molecule has 2 rings (SSSR count). The van der Waals surface area contributed by atoms with Crippen molar-refractivity contribution in [3.63, 3.8) is 0 Å². The number of aromatic nitrogens is 2. The van der Waals surface area contributed by atoms with Crippen LogP contribution in [0.5, 0.6) is 5.88 Å². The molecule has 22 heavy (non-hydrogen) atoms. The number of benzene rings is 1. The summed E-state index contributed by atoms with van der Waals surface area (Å²) in [4.78, 5) is 11.8. The molecule has 0 bridgehead atoms. The Morgan fingerprint density at radius 2 is 2.09 bits per heavy atom. The molecule has 0 radical (unpaired) electrons. The van der Waals surface area contributed by atoms with E-state index in [1.54, 1.807) is 18.2 Å². The van der Waals surface area contributed by atoms with Gasteiger partial charge in [-0.1, -0.05) is 26.0 Å². The second-order valence-electron chi connectivity index (χ2n) is 5.03. The van der Waals surface area contributed by atoms with Gasteiger partial charge in [0.2, 0.25) is 5.88 Å². The number of nitrogens with zero attached hydrogens (tertiary/aromatic N) is 3. The van der Waals surface area contributed by atoms with Gasteiger partial charge in [0.25, 0.3) is 0 Å². The van der Waals surface area contributed by atoms with Crippen molar-refractivity contribution in [1.82, 2.24) is 10.2 Å². The van der Waals surface area contributed by atoms with Gasteiger partial charge < -0.3 is 4.74 Å². The van der Waals surface area contributed by atoms with Gasteiger partial charge in [-0.2, -0.15) is 5.26 Å². The summed E-state index contributed by atoms with van der Waals surface area (Å²) < 4.78 is 18.9. The van der Waals surface area contributed by atoms with Crippen LogP contribution in [0.25, 0.3) is 0 Å². The minimum Gasteiger partial charge on any atom is -0.406 e. The molecule has 0 aliphatic heterocycles. The van der Waals surface area contributed by atoms with E-state index >= 15 is 0 Å². The van der Waals surface area contributed by atoms with E-state index < -0.39 is 11.8 Å². The molecule has 112 valence electrons. The Morgan fingerprint density at radius 3 is 2.64 bits per heavy atom. The number of hydrogen-bond acceptors (Lipinski definition) is 5. The van der Waals surface area contributed by atoms with E-state index in [1.165, 1.54) is 18.2 Å². The Hall–Kier alpha value is -2.81. The first-order valence-corrected chi connectivity index (χ1v) is 6.72. The third-order valence-corrected chi connectivity index (χ3v) is 3.05. The van der Waals surface area contributed by atoms with E-state index in [4.69, 9.17) is 10.00 Å². The normalized spacial score (nSPS) is 10.3. The number of nitriles is 1. The summed E-state index contributed by atoms with van der Waals surface area (Å²) in [5.41, 5.74) is 1.25. The third-order valence-electron chi connectivity index (χ3n) is 3.05. The van der Waals surface area contributed by atoms with Crippen molar-refractivity contribution in [1.29, 1.82) is 5.26 Å². The zero-order valence-corrected chi connectivity index (χ0v) is 12.2. The zero-order chi connectivity index (χ0) is 16.1. The second kappa shape index (κ2) is 6.76. The maximum Gasteiger partial charge on any atom is 0.317 e. The molecule has 0 aliphatic rings. The molecule has 5 nitrogen and oxygen atoms in total. The Labute approximate surface area is 127 Å². The molecule has 0 amide bonds. The van der Waals surface area contributed by atoms with Crippen molar-refractivity contribution in [3.8, 4) is 11.9 Å². The molecule has 1 aromatic heterocycles. The van der Waals surface area contributed by atoms with Gasteiger partial charge in [-0.05, 0) is 29.2 Å². The van der Waals surface area contributed by atoms with Crippen LogP contribution in [0.3, 0.4) is 0 Å². The number of ether oxygens (including phenoxy) is 1. The summed E-state index contributed by atoms with van der Waals surface area (Å²) in [6.45, 7) is 3.93. The monoisotopic (exact) mass is 299 g/mol. The van der Waals surface area contributed by atoms with Gasteiger partial charge in [-0.15, -0.1) is 10.2 Å². The minimum atomic E-state index is -0.643. The zero-order valence-electron chi connectivity index (χ0n) is 12.2. The van der Waals surface area contributed by atoms with Crippen molar-refractivity contribution >= 4 is 5.97 Å². The highest BCUT2D eigenvalue weighted by Gasteiger charge is 2.13. The van der Waals surface area contributed by atoms with Crippen LogP contribution in [0.4, 0.5) is 4.39 Å². The standard InChI is InChI=1S/C16H14FN3O2/c1-10(2)11-3-4-12(14(17)7-11)8-16(21)22-15-6-5-13(9-18)19-20-15/h3-7,10H,8H2,1-2H3. The van der Waals surface area contributed by atoms with E-state index in [0.29, 0.717) is 0 Å². The fourth-order valence-electron chi connectivity index (χ4n) is 1.81. The number of hydrogen-bond donors (Lipinski definition) is 0. The maximum atomic E-state index is 13.9. The minimum absolute atomic E-state index is 0.0248. The first kappa shape index (κ1) is 15.6. The molecule has 0 saturated heterocycles. The Bertz CT molecular complexity index is 721. The molecular weight excluding hydrogens is 285 g/mol. The molecule has 0 spiro atoms. The summed E-state index contributed by atoms with van der Waals surface area (Å²) >= 11 is 0. The predicted octanol–water partition coefficient (Wildman–Crippen LogP) is 2.76. The van der Waals surface area contributed by atoms with Crippen LogP contribution in [0, 0.1) is 17.1 Å². The van der Waals surface area contributed by atoms with Crippen LogP contribution >= 0.6 is 0 Å². The highest BCUT2D eigenvalue weighted by Crippen LogP contribution is 2.18. The topological polar surface area (TPSA) is 75.9 Å². The van der Waals surface area contributed by atoms with Crippen molar-refractivity contribution in [3.05, 3.63) is 53.0 Å². The molecule has 1 heterocycles. The van der Waals surface area contributed by atoms with Crippen LogP contribution in [0.2, 0.25) is 0 Å². The van der Waals surface area contributed by atoms with Crippen LogP contribution < -0.4 is 4.74 Å².